The summed E-state index contributed by atoms with van der Waals surface area (Å²) in [5.74, 6) is 0.202. The molecule has 0 aromatic heterocycles. The normalized spacial score (nSPS) is 23.5. The van der Waals surface area contributed by atoms with E-state index in [1.54, 1.807) is 12.1 Å². The fraction of sp³-hybridized carbons (Fsp3) is 0.600. The number of hydrogen-bond acceptors (Lipinski definition) is 4. The van der Waals surface area contributed by atoms with Gasteiger partial charge in [0, 0.05) is 17.8 Å². The largest absolute Gasteiger partial charge is 0.381 e. The van der Waals surface area contributed by atoms with Gasteiger partial charge in [-0.25, -0.2) is 8.42 Å². The Morgan fingerprint density at radius 2 is 1.85 bits per heavy atom. The number of rotatable bonds is 5. The number of sulfone groups is 1. The zero-order valence-corrected chi connectivity index (χ0v) is 12.8. The lowest BCUT2D eigenvalue weighted by molar-refractivity contribution is 0.404. The van der Waals surface area contributed by atoms with E-state index in [0.29, 0.717) is 17.4 Å². The Morgan fingerprint density at radius 1 is 1.20 bits per heavy atom. The predicted molar refractivity (Wildman–Crippen MR) is 82.6 cm³/mol. The highest BCUT2D eigenvalue weighted by Crippen LogP contribution is 2.22. The lowest BCUT2D eigenvalue weighted by Gasteiger charge is -2.30. The first-order valence-electron chi connectivity index (χ1n) is 7.38. The Morgan fingerprint density at radius 3 is 2.45 bits per heavy atom. The highest BCUT2D eigenvalue weighted by atomic mass is 32.2. The summed E-state index contributed by atoms with van der Waals surface area (Å²) < 4.78 is 23.9. The topological polar surface area (TPSA) is 72.2 Å². The molecule has 112 valence electrons. The highest BCUT2D eigenvalue weighted by Gasteiger charge is 2.21. The van der Waals surface area contributed by atoms with Crippen molar-refractivity contribution in [3.05, 3.63) is 24.3 Å². The Balaban J connectivity index is 2.05. The first kappa shape index (κ1) is 15.3. The maximum absolute atomic E-state index is 11.9. The standard InChI is InChI=1S/C15H24N2O2S/c1-2-11-20(18,19)13-9-7-12(8-10-13)17-15-6-4-3-5-14(15)16/h7-10,14-15,17H,2-6,11,16H2,1H3/t14-,15-/m1/s1. The lowest BCUT2D eigenvalue weighted by Crippen LogP contribution is -2.42. The maximum Gasteiger partial charge on any atom is 0.178 e. The van der Waals surface area contributed by atoms with Crippen LogP contribution in [0, 0.1) is 0 Å². The summed E-state index contributed by atoms with van der Waals surface area (Å²) in [7, 11) is -3.12. The molecule has 0 heterocycles. The minimum absolute atomic E-state index is 0.187. The van der Waals surface area contributed by atoms with Gasteiger partial charge in [-0.15, -0.1) is 0 Å². The van der Waals surface area contributed by atoms with E-state index in [2.05, 4.69) is 5.32 Å². The van der Waals surface area contributed by atoms with Crippen molar-refractivity contribution in [3.8, 4) is 0 Å². The van der Waals surface area contributed by atoms with E-state index in [1.807, 2.05) is 19.1 Å². The van der Waals surface area contributed by atoms with Crippen molar-refractivity contribution in [2.75, 3.05) is 11.1 Å². The molecule has 0 amide bonds. The van der Waals surface area contributed by atoms with Gasteiger partial charge in [0.05, 0.1) is 10.6 Å². The molecule has 1 aliphatic carbocycles. The second-order valence-corrected chi connectivity index (χ2v) is 7.65. The number of hydrogen-bond donors (Lipinski definition) is 2. The molecule has 1 fully saturated rings. The van der Waals surface area contributed by atoms with Crippen LogP contribution in [0.3, 0.4) is 0 Å². The first-order valence-corrected chi connectivity index (χ1v) is 9.03. The minimum atomic E-state index is -3.12. The number of nitrogens with two attached hydrogens (primary N) is 1. The van der Waals surface area contributed by atoms with Crippen molar-refractivity contribution in [1.29, 1.82) is 0 Å². The molecule has 1 saturated carbocycles. The third-order valence-electron chi connectivity index (χ3n) is 3.86. The zero-order chi connectivity index (χ0) is 14.6. The molecule has 0 spiro atoms. The summed E-state index contributed by atoms with van der Waals surface area (Å²) in [5, 5.41) is 3.42. The van der Waals surface area contributed by atoms with Crippen LogP contribution in [0.25, 0.3) is 0 Å². The second-order valence-electron chi connectivity index (χ2n) is 5.54. The van der Waals surface area contributed by atoms with Gasteiger partial charge in [-0.2, -0.15) is 0 Å². The molecular weight excluding hydrogens is 272 g/mol. The summed E-state index contributed by atoms with van der Waals surface area (Å²) in [4.78, 5) is 0.401. The number of nitrogens with one attached hydrogen (secondary N) is 1. The van der Waals surface area contributed by atoms with Crippen molar-refractivity contribution in [3.63, 3.8) is 0 Å². The van der Waals surface area contributed by atoms with Gasteiger partial charge in [-0.3, -0.25) is 0 Å². The molecule has 5 heteroatoms. The number of anilines is 1. The van der Waals surface area contributed by atoms with E-state index in [0.717, 1.165) is 18.5 Å². The third-order valence-corrected chi connectivity index (χ3v) is 5.79. The molecule has 0 unspecified atom stereocenters. The molecule has 0 saturated heterocycles. The molecule has 1 aromatic rings. The molecule has 0 aliphatic heterocycles. The van der Waals surface area contributed by atoms with Crippen LogP contribution in [0.15, 0.2) is 29.2 Å². The summed E-state index contributed by atoms with van der Waals surface area (Å²) in [6.07, 6.45) is 5.18. The van der Waals surface area contributed by atoms with Crippen LogP contribution in [0.5, 0.6) is 0 Å². The van der Waals surface area contributed by atoms with Gasteiger partial charge in [-0.05, 0) is 43.5 Å². The van der Waals surface area contributed by atoms with Gasteiger partial charge in [-0.1, -0.05) is 19.8 Å². The maximum atomic E-state index is 11.9. The van der Waals surface area contributed by atoms with Crippen LogP contribution in [0.2, 0.25) is 0 Å². The summed E-state index contributed by atoms with van der Waals surface area (Å²) >= 11 is 0. The molecule has 2 rings (SSSR count). The van der Waals surface area contributed by atoms with Gasteiger partial charge in [0.2, 0.25) is 0 Å². The molecule has 0 bridgehead atoms. The smallest absolute Gasteiger partial charge is 0.178 e. The van der Waals surface area contributed by atoms with Gasteiger partial charge in [0.25, 0.3) is 0 Å². The van der Waals surface area contributed by atoms with E-state index in [4.69, 9.17) is 5.73 Å². The Kier molecular flexibility index (Phi) is 5.05. The van der Waals surface area contributed by atoms with E-state index in [-0.39, 0.29) is 11.8 Å². The molecule has 4 nitrogen and oxygen atoms in total. The molecule has 20 heavy (non-hydrogen) atoms. The molecule has 1 aromatic carbocycles. The Labute approximate surface area is 121 Å². The van der Waals surface area contributed by atoms with E-state index in [9.17, 15) is 8.42 Å². The van der Waals surface area contributed by atoms with Gasteiger partial charge in [0.15, 0.2) is 9.84 Å². The second kappa shape index (κ2) is 6.59. The van der Waals surface area contributed by atoms with Crippen molar-refractivity contribution in [2.45, 2.75) is 56.0 Å². The Hall–Kier alpha value is -1.07. The fourth-order valence-corrected chi connectivity index (χ4v) is 4.02. The predicted octanol–water partition coefficient (Wildman–Crippen LogP) is 2.55. The first-order chi connectivity index (χ1) is 9.53. The fourth-order valence-electron chi connectivity index (χ4n) is 2.70. The molecule has 2 atom stereocenters. The highest BCUT2D eigenvalue weighted by molar-refractivity contribution is 7.91. The molecular formula is C15H24N2O2S. The summed E-state index contributed by atoms with van der Waals surface area (Å²) in [6.45, 7) is 1.87. The van der Waals surface area contributed by atoms with Crippen LogP contribution >= 0.6 is 0 Å². The monoisotopic (exact) mass is 296 g/mol. The summed E-state index contributed by atoms with van der Waals surface area (Å²) in [6, 6.07) is 7.52. The molecule has 0 radical (unpaired) electrons. The van der Waals surface area contributed by atoms with E-state index < -0.39 is 9.84 Å². The third kappa shape index (κ3) is 3.73. The quantitative estimate of drug-likeness (QED) is 0.876. The van der Waals surface area contributed by atoms with Crippen LogP contribution in [0.1, 0.15) is 39.0 Å². The average molecular weight is 296 g/mol. The van der Waals surface area contributed by atoms with Crippen LogP contribution in [-0.2, 0) is 9.84 Å². The SMILES string of the molecule is CCCS(=O)(=O)c1ccc(N[C@@H]2CCCC[C@H]2N)cc1. The minimum Gasteiger partial charge on any atom is -0.381 e. The summed E-state index contributed by atoms with van der Waals surface area (Å²) in [5.41, 5.74) is 7.05. The van der Waals surface area contributed by atoms with Crippen molar-refractivity contribution in [2.24, 2.45) is 5.73 Å². The Bertz CT molecular complexity index is 525. The average Bonchev–Trinajstić information content (AvgIpc) is 2.42. The molecule has 3 N–H and O–H groups in total. The van der Waals surface area contributed by atoms with Gasteiger partial charge in [0.1, 0.15) is 0 Å². The van der Waals surface area contributed by atoms with Gasteiger partial charge >= 0.3 is 0 Å². The van der Waals surface area contributed by atoms with Crippen LogP contribution in [0.4, 0.5) is 5.69 Å². The van der Waals surface area contributed by atoms with Crippen molar-refractivity contribution < 1.29 is 8.42 Å². The van der Waals surface area contributed by atoms with Crippen LogP contribution < -0.4 is 11.1 Å². The van der Waals surface area contributed by atoms with Crippen molar-refractivity contribution in [1.82, 2.24) is 0 Å². The van der Waals surface area contributed by atoms with Gasteiger partial charge < -0.3 is 11.1 Å². The molecule has 1 aliphatic rings. The number of benzene rings is 1. The lowest BCUT2D eigenvalue weighted by atomic mass is 9.91. The van der Waals surface area contributed by atoms with Crippen LogP contribution in [-0.4, -0.2) is 26.3 Å². The zero-order valence-electron chi connectivity index (χ0n) is 12.0. The van der Waals surface area contributed by atoms with E-state index >= 15 is 0 Å². The van der Waals surface area contributed by atoms with Crippen molar-refractivity contribution >= 4 is 15.5 Å². The van der Waals surface area contributed by atoms with E-state index in [1.165, 1.54) is 12.8 Å².